The first kappa shape index (κ1) is 13.4. The van der Waals surface area contributed by atoms with Crippen LogP contribution < -0.4 is 4.90 Å². The molecule has 0 unspecified atom stereocenters. The fourth-order valence-corrected chi connectivity index (χ4v) is 2.02. The van der Waals surface area contributed by atoms with Gasteiger partial charge >= 0.3 is 0 Å². The summed E-state index contributed by atoms with van der Waals surface area (Å²) in [5, 5.41) is 9.34. The molecule has 1 aromatic heterocycles. The Kier molecular flexibility index (Phi) is 4.38. The Morgan fingerprint density at radius 3 is 2.63 bits per heavy atom. The minimum absolute atomic E-state index is 0.496. The molecular formula is C15H14ClN3. The standard InChI is InChI=1S/C15H14ClN3/c1-19(9-6-12-4-7-18-8-5-12)14-3-2-13(11-17)15(16)10-14/h2-5,7-8,10H,6,9H2,1H3. The number of rotatable bonds is 4. The molecule has 0 amide bonds. The number of nitriles is 1. The van der Waals surface area contributed by atoms with Crippen LogP contribution in [0.4, 0.5) is 5.69 Å². The molecule has 0 saturated heterocycles. The van der Waals surface area contributed by atoms with Gasteiger partial charge in [-0.15, -0.1) is 0 Å². The van der Waals surface area contributed by atoms with E-state index < -0.39 is 0 Å². The Balaban J connectivity index is 2.02. The highest BCUT2D eigenvalue weighted by Gasteiger charge is 2.05. The second kappa shape index (κ2) is 6.21. The third-order valence-corrected chi connectivity index (χ3v) is 3.31. The van der Waals surface area contributed by atoms with Gasteiger partial charge in [-0.25, -0.2) is 0 Å². The lowest BCUT2D eigenvalue weighted by atomic mass is 10.1. The van der Waals surface area contributed by atoms with Gasteiger partial charge in [0, 0.05) is 31.7 Å². The molecule has 0 aliphatic heterocycles. The molecule has 1 aromatic carbocycles. The number of hydrogen-bond acceptors (Lipinski definition) is 3. The van der Waals surface area contributed by atoms with Crippen LogP contribution in [0.25, 0.3) is 0 Å². The quantitative estimate of drug-likeness (QED) is 0.857. The van der Waals surface area contributed by atoms with Crippen molar-refractivity contribution in [1.29, 1.82) is 5.26 Å². The van der Waals surface area contributed by atoms with E-state index in [0.29, 0.717) is 10.6 Å². The van der Waals surface area contributed by atoms with Crippen molar-refractivity contribution in [3.8, 4) is 6.07 Å². The number of benzene rings is 1. The topological polar surface area (TPSA) is 39.9 Å². The van der Waals surface area contributed by atoms with E-state index in [-0.39, 0.29) is 0 Å². The summed E-state index contributed by atoms with van der Waals surface area (Å²) in [4.78, 5) is 6.12. The summed E-state index contributed by atoms with van der Waals surface area (Å²) in [7, 11) is 2.01. The van der Waals surface area contributed by atoms with Crippen molar-refractivity contribution in [1.82, 2.24) is 4.98 Å². The van der Waals surface area contributed by atoms with E-state index in [0.717, 1.165) is 18.7 Å². The molecule has 1 heterocycles. The van der Waals surface area contributed by atoms with Crippen LogP contribution in [0.1, 0.15) is 11.1 Å². The lowest BCUT2D eigenvalue weighted by Crippen LogP contribution is -2.20. The van der Waals surface area contributed by atoms with Gasteiger partial charge in [-0.05, 0) is 42.3 Å². The summed E-state index contributed by atoms with van der Waals surface area (Å²) < 4.78 is 0. The van der Waals surface area contributed by atoms with Crippen LogP contribution in [0.2, 0.25) is 5.02 Å². The highest BCUT2D eigenvalue weighted by atomic mass is 35.5. The zero-order valence-electron chi connectivity index (χ0n) is 10.7. The normalized spacial score (nSPS) is 9.95. The molecule has 3 nitrogen and oxygen atoms in total. The maximum Gasteiger partial charge on any atom is 0.101 e. The van der Waals surface area contributed by atoms with Gasteiger partial charge in [-0.3, -0.25) is 4.98 Å². The number of aromatic nitrogens is 1. The fraction of sp³-hybridized carbons (Fsp3) is 0.200. The van der Waals surface area contributed by atoms with E-state index in [1.54, 1.807) is 18.5 Å². The molecule has 0 bridgehead atoms. The van der Waals surface area contributed by atoms with Gasteiger partial charge in [0.2, 0.25) is 0 Å². The second-order valence-electron chi connectivity index (χ2n) is 4.30. The Hall–Kier alpha value is -2.05. The lowest BCUT2D eigenvalue weighted by molar-refractivity contribution is 0.875. The Morgan fingerprint density at radius 1 is 1.26 bits per heavy atom. The summed E-state index contributed by atoms with van der Waals surface area (Å²) in [6, 6.07) is 11.6. The molecule has 19 heavy (non-hydrogen) atoms. The van der Waals surface area contributed by atoms with E-state index in [4.69, 9.17) is 16.9 Å². The zero-order chi connectivity index (χ0) is 13.7. The largest absolute Gasteiger partial charge is 0.374 e. The van der Waals surface area contributed by atoms with E-state index in [2.05, 4.69) is 16.0 Å². The zero-order valence-corrected chi connectivity index (χ0v) is 11.4. The van der Waals surface area contributed by atoms with Crippen LogP contribution in [0, 0.1) is 11.3 Å². The van der Waals surface area contributed by atoms with Crippen LogP contribution >= 0.6 is 11.6 Å². The number of anilines is 1. The molecule has 0 fully saturated rings. The third kappa shape index (κ3) is 3.46. The minimum atomic E-state index is 0.496. The smallest absolute Gasteiger partial charge is 0.101 e. The van der Waals surface area contributed by atoms with Crippen molar-refractivity contribution in [3.63, 3.8) is 0 Å². The first-order valence-electron chi connectivity index (χ1n) is 6.00. The minimum Gasteiger partial charge on any atom is -0.374 e. The van der Waals surface area contributed by atoms with Gasteiger partial charge in [-0.1, -0.05) is 11.6 Å². The van der Waals surface area contributed by atoms with E-state index >= 15 is 0 Å². The summed E-state index contributed by atoms with van der Waals surface area (Å²) in [6.07, 6.45) is 4.54. The van der Waals surface area contributed by atoms with E-state index in [1.165, 1.54) is 5.56 Å². The summed E-state index contributed by atoms with van der Waals surface area (Å²) >= 11 is 6.03. The molecule has 0 spiro atoms. The predicted octanol–water partition coefficient (Wildman–Crippen LogP) is 3.29. The SMILES string of the molecule is CN(CCc1ccncc1)c1ccc(C#N)c(Cl)c1. The van der Waals surface area contributed by atoms with Crippen molar-refractivity contribution < 1.29 is 0 Å². The van der Waals surface area contributed by atoms with Gasteiger partial charge in [0.25, 0.3) is 0 Å². The highest BCUT2D eigenvalue weighted by molar-refractivity contribution is 6.32. The van der Waals surface area contributed by atoms with Crippen LogP contribution in [0.3, 0.4) is 0 Å². The van der Waals surface area contributed by atoms with Crippen molar-refractivity contribution in [3.05, 3.63) is 58.9 Å². The van der Waals surface area contributed by atoms with Gasteiger partial charge in [0.1, 0.15) is 6.07 Å². The van der Waals surface area contributed by atoms with Gasteiger partial charge in [0.05, 0.1) is 10.6 Å². The fourth-order valence-electron chi connectivity index (χ4n) is 1.81. The first-order chi connectivity index (χ1) is 9.20. The molecule has 0 N–H and O–H groups in total. The molecule has 0 aliphatic rings. The Bertz CT molecular complexity index is 590. The van der Waals surface area contributed by atoms with Crippen LogP contribution in [0.15, 0.2) is 42.7 Å². The molecule has 0 atom stereocenters. The summed E-state index contributed by atoms with van der Waals surface area (Å²) in [5.41, 5.74) is 2.77. The molecule has 4 heteroatoms. The highest BCUT2D eigenvalue weighted by Crippen LogP contribution is 2.22. The van der Waals surface area contributed by atoms with Crippen molar-refractivity contribution >= 4 is 17.3 Å². The van der Waals surface area contributed by atoms with Crippen molar-refractivity contribution in [2.24, 2.45) is 0 Å². The number of halogens is 1. The average molecular weight is 272 g/mol. The first-order valence-corrected chi connectivity index (χ1v) is 6.38. The van der Waals surface area contributed by atoms with E-state index in [1.807, 2.05) is 31.3 Å². The maximum absolute atomic E-state index is 8.85. The predicted molar refractivity (Wildman–Crippen MR) is 77.4 cm³/mol. The summed E-state index contributed by atoms with van der Waals surface area (Å²) in [6.45, 7) is 0.881. The Labute approximate surface area is 118 Å². The summed E-state index contributed by atoms with van der Waals surface area (Å²) in [5.74, 6) is 0. The van der Waals surface area contributed by atoms with Crippen molar-refractivity contribution in [2.75, 3.05) is 18.5 Å². The maximum atomic E-state index is 8.85. The van der Waals surface area contributed by atoms with E-state index in [9.17, 15) is 0 Å². The number of hydrogen-bond donors (Lipinski definition) is 0. The molecule has 2 aromatic rings. The second-order valence-corrected chi connectivity index (χ2v) is 4.71. The third-order valence-electron chi connectivity index (χ3n) is 3.00. The average Bonchev–Trinajstić information content (AvgIpc) is 2.45. The molecule has 2 rings (SSSR count). The number of pyridine rings is 1. The van der Waals surface area contributed by atoms with Crippen molar-refractivity contribution in [2.45, 2.75) is 6.42 Å². The van der Waals surface area contributed by atoms with Gasteiger partial charge < -0.3 is 4.90 Å². The molecule has 0 radical (unpaired) electrons. The van der Waals surface area contributed by atoms with Gasteiger partial charge in [-0.2, -0.15) is 5.26 Å². The lowest BCUT2D eigenvalue weighted by Gasteiger charge is -2.19. The molecule has 0 aliphatic carbocycles. The number of likely N-dealkylation sites (N-methyl/N-ethyl adjacent to an activating group) is 1. The monoisotopic (exact) mass is 271 g/mol. The molecule has 96 valence electrons. The van der Waals surface area contributed by atoms with Crippen LogP contribution in [0.5, 0.6) is 0 Å². The van der Waals surface area contributed by atoms with Crippen LogP contribution in [-0.4, -0.2) is 18.6 Å². The Morgan fingerprint density at radius 2 is 2.00 bits per heavy atom. The van der Waals surface area contributed by atoms with Crippen LogP contribution in [-0.2, 0) is 6.42 Å². The molecular weight excluding hydrogens is 258 g/mol. The van der Waals surface area contributed by atoms with Gasteiger partial charge in [0.15, 0.2) is 0 Å². The number of nitrogens with zero attached hydrogens (tertiary/aromatic N) is 3. The molecule has 0 saturated carbocycles.